The molecule has 4 rings (SSSR count). The molecule has 32 heavy (non-hydrogen) atoms. The number of likely N-dealkylation sites (tertiary alicyclic amines) is 1. The molecule has 0 aliphatic carbocycles. The lowest BCUT2D eigenvalue weighted by Gasteiger charge is -2.33. The number of nitrogens with two attached hydrogens (primary N) is 1. The minimum absolute atomic E-state index is 0.108. The van der Waals surface area contributed by atoms with E-state index in [0.717, 1.165) is 23.7 Å². The molecule has 1 aromatic heterocycles. The normalized spacial score (nSPS) is 16.3. The average molecular weight is 521 g/mol. The first kappa shape index (κ1) is 22.5. The van der Waals surface area contributed by atoms with Crippen LogP contribution >= 0.6 is 27.5 Å². The van der Waals surface area contributed by atoms with Gasteiger partial charge in [-0.1, -0.05) is 39.7 Å². The predicted octanol–water partition coefficient (Wildman–Crippen LogP) is 5.49. The Morgan fingerprint density at radius 1 is 1.31 bits per heavy atom. The summed E-state index contributed by atoms with van der Waals surface area (Å²) in [6, 6.07) is 10.6. The number of ether oxygens (including phenoxy) is 1. The number of H-pyrrole nitrogens is 1. The topological polar surface area (TPSA) is 109 Å². The van der Waals surface area contributed by atoms with E-state index in [-0.39, 0.29) is 18.2 Å². The average Bonchev–Trinajstić information content (AvgIpc) is 2.75. The van der Waals surface area contributed by atoms with Gasteiger partial charge in [-0.3, -0.25) is 4.79 Å². The molecule has 0 saturated carbocycles. The minimum Gasteiger partial charge on any atom is -0.492 e. The highest BCUT2D eigenvalue weighted by molar-refractivity contribution is 9.10. The van der Waals surface area contributed by atoms with Gasteiger partial charge in [-0.05, 0) is 49.1 Å². The van der Waals surface area contributed by atoms with Gasteiger partial charge in [0, 0.05) is 28.9 Å². The van der Waals surface area contributed by atoms with Crippen molar-refractivity contribution in [3.8, 4) is 16.9 Å². The van der Waals surface area contributed by atoms with E-state index in [4.69, 9.17) is 22.1 Å². The van der Waals surface area contributed by atoms with Crippen molar-refractivity contribution in [2.45, 2.75) is 31.7 Å². The molecule has 0 spiro atoms. The van der Waals surface area contributed by atoms with Crippen LogP contribution in [0.1, 0.15) is 25.7 Å². The molecular weight excluding hydrogens is 498 g/mol. The van der Waals surface area contributed by atoms with Crippen molar-refractivity contribution in [3.05, 3.63) is 56.2 Å². The number of rotatable bonds is 5. The number of aromatic amines is 1. The van der Waals surface area contributed by atoms with Gasteiger partial charge < -0.3 is 25.5 Å². The number of nitrogens with one attached hydrogen (secondary N) is 1. The van der Waals surface area contributed by atoms with Gasteiger partial charge in [-0.25, -0.2) is 4.79 Å². The number of hydrogen-bond donors (Lipinski definition) is 3. The third-order valence-corrected chi connectivity index (χ3v) is 6.59. The molecule has 0 radical (unpaired) electrons. The van der Waals surface area contributed by atoms with E-state index in [1.807, 2.05) is 24.3 Å². The quantitative estimate of drug-likeness (QED) is 0.385. The van der Waals surface area contributed by atoms with Gasteiger partial charge in [0.15, 0.2) is 0 Å². The number of hydrogen-bond acceptors (Lipinski definition) is 4. The van der Waals surface area contributed by atoms with Gasteiger partial charge >= 0.3 is 6.09 Å². The number of nitrogen functional groups attached to an aromatic ring is 1. The van der Waals surface area contributed by atoms with Crippen LogP contribution in [0.2, 0.25) is 5.02 Å². The second-order valence-electron chi connectivity index (χ2n) is 7.85. The van der Waals surface area contributed by atoms with Crippen LogP contribution in [0.15, 0.2) is 45.7 Å². The van der Waals surface area contributed by atoms with Crippen LogP contribution in [0.3, 0.4) is 0 Å². The molecule has 2 heterocycles. The number of pyridine rings is 1. The first-order valence-corrected chi connectivity index (χ1v) is 11.6. The van der Waals surface area contributed by atoms with E-state index in [1.54, 1.807) is 12.1 Å². The first-order valence-electron chi connectivity index (χ1n) is 10.4. The van der Waals surface area contributed by atoms with Gasteiger partial charge in [0.1, 0.15) is 5.75 Å². The maximum Gasteiger partial charge on any atom is 0.407 e. The Hall–Kier alpha value is -2.71. The molecule has 3 aromatic rings. The van der Waals surface area contributed by atoms with Crippen molar-refractivity contribution in [1.82, 2.24) is 9.88 Å². The lowest BCUT2D eigenvalue weighted by Crippen LogP contribution is -2.43. The van der Waals surface area contributed by atoms with Crippen LogP contribution in [-0.2, 0) is 0 Å². The van der Waals surface area contributed by atoms with E-state index >= 15 is 0 Å². The standard InChI is InChI=1S/C23H23BrClN3O4/c24-14-5-3-4-13(10-14)20-21(16-11-18(26)17(25)12-19(16)27-22(20)29)32-9-7-15-6-1-2-8-28(15)23(30)31/h3-5,10-12,15H,1-2,6-9,26H2,(H,27,29)(H,30,31). The maximum absolute atomic E-state index is 13.1. The van der Waals surface area contributed by atoms with E-state index in [2.05, 4.69) is 20.9 Å². The Morgan fingerprint density at radius 2 is 2.12 bits per heavy atom. The highest BCUT2D eigenvalue weighted by Gasteiger charge is 2.26. The number of amides is 1. The van der Waals surface area contributed by atoms with E-state index in [0.29, 0.717) is 51.5 Å². The number of aromatic nitrogens is 1. The molecule has 1 aliphatic rings. The fourth-order valence-electron chi connectivity index (χ4n) is 4.21. The maximum atomic E-state index is 13.1. The molecule has 1 atom stereocenters. The summed E-state index contributed by atoms with van der Waals surface area (Å²) in [6.07, 6.45) is 2.28. The number of fused-ring (bicyclic) bond motifs is 1. The fraction of sp³-hybridized carbons (Fsp3) is 0.304. The van der Waals surface area contributed by atoms with Crippen molar-refractivity contribution in [1.29, 1.82) is 0 Å². The summed E-state index contributed by atoms with van der Waals surface area (Å²) in [4.78, 5) is 29.0. The van der Waals surface area contributed by atoms with E-state index in [9.17, 15) is 14.7 Å². The zero-order valence-electron chi connectivity index (χ0n) is 17.2. The summed E-state index contributed by atoms with van der Waals surface area (Å²) in [6.45, 7) is 0.794. The summed E-state index contributed by atoms with van der Waals surface area (Å²) >= 11 is 9.62. The van der Waals surface area contributed by atoms with Crippen LogP contribution in [-0.4, -0.2) is 40.3 Å². The SMILES string of the molecule is Nc1cc2c(OCCC3CCCCN3C(=O)O)c(-c3cccc(Br)c3)c(=O)[nH]c2cc1Cl. The number of nitrogens with zero attached hydrogens (tertiary/aromatic N) is 1. The molecule has 2 aromatic carbocycles. The Morgan fingerprint density at radius 3 is 2.88 bits per heavy atom. The fourth-order valence-corrected chi connectivity index (χ4v) is 4.77. The minimum atomic E-state index is -0.909. The summed E-state index contributed by atoms with van der Waals surface area (Å²) in [5.74, 6) is 0.405. The smallest absolute Gasteiger partial charge is 0.407 e. The van der Waals surface area contributed by atoms with Gasteiger partial charge in [0.2, 0.25) is 0 Å². The lowest BCUT2D eigenvalue weighted by atomic mass is 10.00. The van der Waals surface area contributed by atoms with Crippen molar-refractivity contribution in [2.75, 3.05) is 18.9 Å². The highest BCUT2D eigenvalue weighted by Crippen LogP contribution is 2.37. The van der Waals surface area contributed by atoms with E-state index in [1.165, 1.54) is 4.90 Å². The Labute approximate surface area is 198 Å². The molecule has 168 valence electrons. The monoisotopic (exact) mass is 519 g/mol. The summed E-state index contributed by atoms with van der Waals surface area (Å²) in [7, 11) is 0. The molecule has 0 bridgehead atoms. The van der Waals surface area contributed by atoms with Crippen LogP contribution in [0.5, 0.6) is 5.75 Å². The molecule has 4 N–H and O–H groups in total. The largest absolute Gasteiger partial charge is 0.492 e. The molecule has 1 aliphatic heterocycles. The number of carboxylic acid groups (broad SMARTS) is 1. The summed E-state index contributed by atoms with van der Waals surface area (Å²) in [5.41, 5.74) is 7.71. The van der Waals surface area contributed by atoms with Gasteiger partial charge in [-0.2, -0.15) is 0 Å². The van der Waals surface area contributed by atoms with Gasteiger partial charge in [0.25, 0.3) is 5.56 Å². The zero-order valence-corrected chi connectivity index (χ0v) is 19.6. The van der Waals surface area contributed by atoms with Crippen molar-refractivity contribution in [2.24, 2.45) is 0 Å². The number of halogens is 2. The second-order valence-corrected chi connectivity index (χ2v) is 9.17. The first-order chi connectivity index (χ1) is 15.3. The lowest BCUT2D eigenvalue weighted by molar-refractivity contribution is 0.0969. The summed E-state index contributed by atoms with van der Waals surface area (Å²) in [5, 5.41) is 10.5. The second kappa shape index (κ2) is 9.42. The van der Waals surface area contributed by atoms with Crippen LogP contribution in [0.4, 0.5) is 10.5 Å². The van der Waals surface area contributed by atoms with Crippen LogP contribution in [0, 0.1) is 0 Å². The predicted molar refractivity (Wildman–Crippen MR) is 130 cm³/mol. The Kier molecular flexibility index (Phi) is 6.62. The highest BCUT2D eigenvalue weighted by atomic mass is 79.9. The number of benzene rings is 2. The summed E-state index contributed by atoms with van der Waals surface area (Å²) < 4.78 is 7.03. The van der Waals surface area contributed by atoms with Crippen molar-refractivity contribution < 1.29 is 14.6 Å². The van der Waals surface area contributed by atoms with Crippen LogP contribution < -0.4 is 16.0 Å². The van der Waals surface area contributed by atoms with Crippen LogP contribution in [0.25, 0.3) is 22.0 Å². The van der Waals surface area contributed by atoms with Gasteiger partial charge in [-0.15, -0.1) is 0 Å². The number of piperidine rings is 1. The number of carbonyl (C=O) groups is 1. The Bertz CT molecular complexity index is 1230. The molecule has 1 fully saturated rings. The van der Waals surface area contributed by atoms with Crippen molar-refractivity contribution in [3.63, 3.8) is 0 Å². The van der Waals surface area contributed by atoms with E-state index < -0.39 is 6.09 Å². The third-order valence-electron chi connectivity index (χ3n) is 5.77. The molecule has 1 saturated heterocycles. The number of anilines is 1. The zero-order chi connectivity index (χ0) is 22.8. The molecular formula is C23H23BrClN3O4. The molecule has 9 heteroatoms. The molecule has 1 unspecified atom stereocenters. The molecule has 1 amide bonds. The molecule has 7 nitrogen and oxygen atoms in total. The Balaban J connectivity index is 1.74. The third kappa shape index (κ3) is 4.56. The van der Waals surface area contributed by atoms with Gasteiger partial charge in [0.05, 0.1) is 28.4 Å². The van der Waals surface area contributed by atoms with Crippen molar-refractivity contribution >= 4 is 50.2 Å².